The predicted molar refractivity (Wildman–Crippen MR) is 100 cm³/mol. The van der Waals surface area contributed by atoms with Crippen molar-refractivity contribution >= 4 is 23.8 Å². The number of aryl methyl sites for hydroxylation is 1. The molecule has 0 radical (unpaired) electrons. The van der Waals surface area contributed by atoms with Crippen molar-refractivity contribution in [1.82, 2.24) is 15.5 Å². The molecule has 1 aromatic rings. The number of rotatable bonds is 6. The van der Waals surface area contributed by atoms with Crippen LogP contribution in [0.25, 0.3) is 0 Å². The van der Waals surface area contributed by atoms with E-state index < -0.39 is 36.6 Å². The molecule has 1 saturated carbocycles. The molecule has 1 atom stereocenters. The third-order valence-corrected chi connectivity index (χ3v) is 5.28. The molecule has 1 saturated heterocycles. The Morgan fingerprint density at radius 1 is 1.21 bits per heavy atom. The summed E-state index contributed by atoms with van der Waals surface area (Å²) in [7, 11) is 0. The van der Waals surface area contributed by atoms with E-state index in [2.05, 4.69) is 10.6 Å². The maximum atomic E-state index is 12.8. The maximum absolute atomic E-state index is 12.8. The summed E-state index contributed by atoms with van der Waals surface area (Å²) in [4.78, 5) is 49.7. The molecule has 0 aromatic heterocycles. The van der Waals surface area contributed by atoms with Gasteiger partial charge < -0.3 is 15.4 Å². The van der Waals surface area contributed by atoms with Gasteiger partial charge in [0.15, 0.2) is 6.61 Å². The zero-order chi connectivity index (χ0) is 20.3. The van der Waals surface area contributed by atoms with Gasteiger partial charge in [-0.2, -0.15) is 0 Å². The van der Waals surface area contributed by atoms with Crippen LogP contribution in [0.15, 0.2) is 24.3 Å². The Balaban J connectivity index is 1.55. The van der Waals surface area contributed by atoms with Crippen LogP contribution >= 0.6 is 0 Å². The van der Waals surface area contributed by atoms with E-state index in [0.29, 0.717) is 5.56 Å². The molecule has 8 nitrogen and oxygen atoms in total. The molecule has 1 aromatic carbocycles. The largest absolute Gasteiger partial charge is 0.454 e. The highest BCUT2D eigenvalue weighted by molar-refractivity contribution is 6.08. The lowest BCUT2D eigenvalue weighted by molar-refractivity contribution is -0.151. The van der Waals surface area contributed by atoms with Crippen LogP contribution in [-0.2, 0) is 24.7 Å². The Kier molecular flexibility index (Phi) is 5.67. The summed E-state index contributed by atoms with van der Waals surface area (Å²) in [5.74, 6) is -1.71. The van der Waals surface area contributed by atoms with Crippen molar-refractivity contribution in [3.63, 3.8) is 0 Å². The number of benzene rings is 1. The van der Waals surface area contributed by atoms with E-state index in [0.717, 1.165) is 36.1 Å². The monoisotopic (exact) mass is 387 g/mol. The van der Waals surface area contributed by atoms with Crippen LogP contribution in [0.5, 0.6) is 0 Å². The minimum atomic E-state index is -1.25. The van der Waals surface area contributed by atoms with E-state index >= 15 is 0 Å². The standard InChI is InChI=1S/C20H25N3O5/c1-13-7-9-14(10-8-13)20(2)18(26)23(19(27)22-20)11-17(25)28-12-16(24)21-15-5-3-4-6-15/h7-10,15H,3-6,11-12H2,1-2H3,(H,21,24)(H,22,27)/t20-/m0/s1. The Hall–Kier alpha value is -2.90. The number of urea groups is 1. The van der Waals surface area contributed by atoms with Gasteiger partial charge in [-0.25, -0.2) is 4.79 Å². The van der Waals surface area contributed by atoms with E-state index in [-0.39, 0.29) is 11.9 Å². The second-order valence-electron chi connectivity index (χ2n) is 7.52. The molecule has 1 heterocycles. The summed E-state index contributed by atoms with van der Waals surface area (Å²) in [6.07, 6.45) is 4.02. The van der Waals surface area contributed by atoms with Crippen LogP contribution in [0.4, 0.5) is 4.79 Å². The lowest BCUT2D eigenvalue weighted by Gasteiger charge is -2.22. The van der Waals surface area contributed by atoms with Crippen LogP contribution in [0.2, 0.25) is 0 Å². The Labute approximate surface area is 163 Å². The number of imide groups is 1. The molecule has 2 aliphatic rings. The van der Waals surface area contributed by atoms with E-state index in [1.54, 1.807) is 19.1 Å². The molecule has 1 aliphatic heterocycles. The first kappa shape index (κ1) is 19.9. The van der Waals surface area contributed by atoms with E-state index in [9.17, 15) is 19.2 Å². The highest BCUT2D eigenvalue weighted by Crippen LogP contribution is 2.28. The number of ether oxygens (including phenoxy) is 1. The van der Waals surface area contributed by atoms with Crippen molar-refractivity contribution in [1.29, 1.82) is 0 Å². The fraction of sp³-hybridized carbons (Fsp3) is 0.500. The number of hydrogen-bond acceptors (Lipinski definition) is 5. The molecule has 2 N–H and O–H groups in total. The summed E-state index contributed by atoms with van der Waals surface area (Å²) >= 11 is 0. The van der Waals surface area contributed by atoms with Gasteiger partial charge in [-0.05, 0) is 32.3 Å². The molecule has 3 rings (SSSR count). The molecule has 8 heteroatoms. The minimum Gasteiger partial charge on any atom is -0.454 e. The Bertz CT molecular complexity index is 786. The average molecular weight is 387 g/mol. The third kappa shape index (κ3) is 4.16. The zero-order valence-corrected chi connectivity index (χ0v) is 16.1. The van der Waals surface area contributed by atoms with Crippen molar-refractivity contribution in [2.24, 2.45) is 0 Å². The quantitative estimate of drug-likeness (QED) is 0.567. The third-order valence-electron chi connectivity index (χ3n) is 5.28. The summed E-state index contributed by atoms with van der Waals surface area (Å²) in [6.45, 7) is 2.56. The van der Waals surface area contributed by atoms with Gasteiger partial charge in [0, 0.05) is 6.04 Å². The van der Waals surface area contributed by atoms with Gasteiger partial charge in [-0.1, -0.05) is 42.7 Å². The van der Waals surface area contributed by atoms with Gasteiger partial charge in [0.2, 0.25) is 0 Å². The van der Waals surface area contributed by atoms with Crippen LogP contribution in [0.1, 0.15) is 43.7 Å². The number of carbonyl (C=O) groups is 4. The lowest BCUT2D eigenvalue weighted by Crippen LogP contribution is -2.42. The highest BCUT2D eigenvalue weighted by Gasteiger charge is 2.49. The molecule has 0 spiro atoms. The molecule has 150 valence electrons. The Morgan fingerprint density at radius 2 is 1.86 bits per heavy atom. The Morgan fingerprint density at radius 3 is 2.50 bits per heavy atom. The molecule has 4 amide bonds. The summed E-state index contributed by atoms with van der Waals surface area (Å²) in [5.41, 5.74) is 0.411. The number of hydrogen-bond donors (Lipinski definition) is 2. The van der Waals surface area contributed by atoms with E-state index in [1.165, 1.54) is 0 Å². The second-order valence-corrected chi connectivity index (χ2v) is 7.52. The molecule has 2 fully saturated rings. The van der Waals surface area contributed by atoms with E-state index in [4.69, 9.17) is 4.74 Å². The smallest absolute Gasteiger partial charge is 0.326 e. The van der Waals surface area contributed by atoms with Crippen molar-refractivity contribution in [3.05, 3.63) is 35.4 Å². The van der Waals surface area contributed by atoms with Crippen LogP contribution in [0, 0.1) is 6.92 Å². The fourth-order valence-electron chi connectivity index (χ4n) is 3.58. The summed E-state index contributed by atoms with van der Waals surface area (Å²) in [5, 5.41) is 5.44. The summed E-state index contributed by atoms with van der Waals surface area (Å²) < 4.78 is 4.94. The zero-order valence-electron chi connectivity index (χ0n) is 16.1. The first-order valence-electron chi connectivity index (χ1n) is 9.46. The van der Waals surface area contributed by atoms with Gasteiger partial charge in [0.1, 0.15) is 12.1 Å². The highest BCUT2D eigenvalue weighted by atomic mass is 16.5. The predicted octanol–water partition coefficient (Wildman–Crippen LogP) is 1.36. The van der Waals surface area contributed by atoms with E-state index in [1.807, 2.05) is 19.1 Å². The molecular weight excluding hydrogens is 362 g/mol. The molecule has 0 unspecified atom stereocenters. The van der Waals surface area contributed by atoms with Crippen LogP contribution < -0.4 is 10.6 Å². The van der Waals surface area contributed by atoms with Gasteiger partial charge >= 0.3 is 12.0 Å². The van der Waals surface area contributed by atoms with Gasteiger partial charge in [0.05, 0.1) is 0 Å². The maximum Gasteiger partial charge on any atom is 0.326 e. The number of amides is 4. The van der Waals surface area contributed by atoms with Crippen molar-refractivity contribution in [2.45, 2.75) is 51.1 Å². The van der Waals surface area contributed by atoms with Crippen molar-refractivity contribution in [2.75, 3.05) is 13.2 Å². The molecular formula is C20H25N3O5. The number of nitrogens with one attached hydrogen (secondary N) is 2. The van der Waals surface area contributed by atoms with Crippen molar-refractivity contribution in [3.8, 4) is 0 Å². The average Bonchev–Trinajstić information content (AvgIpc) is 3.23. The topological polar surface area (TPSA) is 105 Å². The normalized spacial score (nSPS) is 22.3. The lowest BCUT2D eigenvalue weighted by atomic mass is 9.91. The number of esters is 1. The first-order chi connectivity index (χ1) is 13.3. The van der Waals surface area contributed by atoms with Gasteiger partial charge in [-0.15, -0.1) is 0 Å². The fourth-order valence-corrected chi connectivity index (χ4v) is 3.58. The minimum absolute atomic E-state index is 0.132. The molecule has 1 aliphatic carbocycles. The van der Waals surface area contributed by atoms with Crippen molar-refractivity contribution < 1.29 is 23.9 Å². The molecule has 0 bridgehead atoms. The van der Waals surface area contributed by atoms with Gasteiger partial charge in [-0.3, -0.25) is 19.3 Å². The first-order valence-corrected chi connectivity index (χ1v) is 9.46. The summed E-state index contributed by atoms with van der Waals surface area (Å²) in [6, 6.07) is 6.69. The van der Waals surface area contributed by atoms with Crippen LogP contribution in [0.3, 0.4) is 0 Å². The number of carbonyl (C=O) groups excluding carboxylic acids is 4. The number of nitrogens with zero attached hydrogens (tertiary/aromatic N) is 1. The van der Waals surface area contributed by atoms with Crippen LogP contribution in [-0.4, -0.2) is 47.9 Å². The van der Waals surface area contributed by atoms with Gasteiger partial charge in [0.25, 0.3) is 11.8 Å². The SMILES string of the molecule is Cc1ccc([C@]2(C)NC(=O)N(CC(=O)OCC(=O)NC3CCCC3)C2=O)cc1. The second kappa shape index (κ2) is 8.00. The molecule has 28 heavy (non-hydrogen) atoms.